The predicted octanol–water partition coefficient (Wildman–Crippen LogP) is 3.96. The van der Waals surface area contributed by atoms with E-state index >= 15 is 0 Å². The van der Waals surface area contributed by atoms with Crippen LogP contribution >= 0.6 is 0 Å². The van der Waals surface area contributed by atoms with Gasteiger partial charge in [-0.2, -0.15) is 5.10 Å². The van der Waals surface area contributed by atoms with Gasteiger partial charge in [-0.1, -0.05) is 12.1 Å². The average molecular weight is 420 g/mol. The molecule has 1 atom stereocenters. The summed E-state index contributed by atoms with van der Waals surface area (Å²) >= 11 is 0. The van der Waals surface area contributed by atoms with E-state index in [9.17, 15) is 9.18 Å². The van der Waals surface area contributed by atoms with Crippen LogP contribution in [0.2, 0.25) is 0 Å². The number of hydrogen-bond donors (Lipinski definition) is 1. The number of aromatic nitrogens is 3. The molecule has 3 aromatic rings. The molecule has 31 heavy (non-hydrogen) atoms. The normalized spacial score (nSPS) is 18.4. The number of anilines is 1. The molecular weight excluding hydrogens is 393 g/mol. The molecule has 0 spiro atoms. The zero-order chi connectivity index (χ0) is 21.4. The molecule has 3 heterocycles. The molecular formula is C24H26FN5O. The van der Waals surface area contributed by atoms with Crippen molar-refractivity contribution in [3.63, 3.8) is 0 Å². The van der Waals surface area contributed by atoms with E-state index in [0.717, 1.165) is 60.6 Å². The van der Waals surface area contributed by atoms with E-state index in [-0.39, 0.29) is 17.7 Å². The lowest BCUT2D eigenvalue weighted by atomic mass is 9.97. The Morgan fingerprint density at radius 3 is 2.77 bits per heavy atom. The van der Waals surface area contributed by atoms with Crippen molar-refractivity contribution in [1.29, 1.82) is 0 Å². The third kappa shape index (κ3) is 4.31. The molecule has 2 fully saturated rings. The number of aryl methyl sites for hydroxylation is 1. The topological polar surface area (TPSA) is 63.1 Å². The second kappa shape index (κ2) is 8.13. The number of rotatable bonds is 6. The fraction of sp³-hybridized carbons (Fsp3) is 0.375. The van der Waals surface area contributed by atoms with Gasteiger partial charge in [0.25, 0.3) is 0 Å². The highest BCUT2D eigenvalue weighted by molar-refractivity contribution is 5.81. The number of carbonyl (C=O) groups excluding carboxylic acids is 1. The van der Waals surface area contributed by atoms with E-state index in [4.69, 9.17) is 5.10 Å². The van der Waals surface area contributed by atoms with Gasteiger partial charge in [0, 0.05) is 56.5 Å². The molecule has 1 amide bonds. The maximum absolute atomic E-state index is 13.1. The Labute approximate surface area is 181 Å². The fourth-order valence-corrected chi connectivity index (χ4v) is 4.29. The molecule has 2 aromatic heterocycles. The van der Waals surface area contributed by atoms with Crippen LogP contribution in [0.4, 0.5) is 10.2 Å². The molecule has 1 saturated heterocycles. The van der Waals surface area contributed by atoms with Gasteiger partial charge in [-0.05, 0) is 54.7 Å². The molecule has 7 heteroatoms. The van der Waals surface area contributed by atoms with Gasteiger partial charge in [-0.25, -0.2) is 9.37 Å². The Kier molecular flexibility index (Phi) is 5.18. The smallest absolute Gasteiger partial charge is 0.225 e. The lowest BCUT2D eigenvalue weighted by molar-refractivity contribution is -0.131. The van der Waals surface area contributed by atoms with Crippen LogP contribution in [-0.2, 0) is 18.4 Å². The Morgan fingerprint density at radius 1 is 1.19 bits per heavy atom. The number of carbonyl (C=O) groups is 1. The van der Waals surface area contributed by atoms with Gasteiger partial charge in [0.15, 0.2) is 0 Å². The van der Waals surface area contributed by atoms with Crippen molar-refractivity contribution in [2.75, 3.05) is 18.4 Å². The summed E-state index contributed by atoms with van der Waals surface area (Å²) < 4.78 is 15.0. The highest BCUT2D eigenvalue weighted by atomic mass is 19.1. The van der Waals surface area contributed by atoms with E-state index in [0.29, 0.717) is 12.5 Å². The van der Waals surface area contributed by atoms with Crippen molar-refractivity contribution in [2.45, 2.75) is 31.7 Å². The lowest BCUT2D eigenvalue weighted by Crippen LogP contribution is -2.29. The molecule has 1 aliphatic heterocycles. The summed E-state index contributed by atoms with van der Waals surface area (Å²) in [7, 11) is 1.93. The molecule has 1 aromatic carbocycles. The first-order valence-electron chi connectivity index (χ1n) is 10.8. The van der Waals surface area contributed by atoms with Gasteiger partial charge in [0.05, 0.1) is 5.69 Å². The van der Waals surface area contributed by atoms with Crippen LogP contribution in [0.5, 0.6) is 0 Å². The van der Waals surface area contributed by atoms with Crippen LogP contribution in [0.3, 0.4) is 0 Å². The number of likely N-dealkylation sites (tertiary alicyclic amines) is 1. The lowest BCUT2D eigenvalue weighted by Gasteiger charge is -2.16. The maximum atomic E-state index is 13.1. The molecule has 160 valence electrons. The number of hydrogen-bond acceptors (Lipinski definition) is 4. The predicted molar refractivity (Wildman–Crippen MR) is 117 cm³/mol. The minimum Gasteiger partial charge on any atom is -0.366 e. The van der Waals surface area contributed by atoms with Crippen molar-refractivity contribution >= 4 is 11.7 Å². The third-order valence-electron chi connectivity index (χ3n) is 6.13. The quantitative estimate of drug-likeness (QED) is 0.657. The monoisotopic (exact) mass is 419 g/mol. The summed E-state index contributed by atoms with van der Waals surface area (Å²) in [6, 6.07) is 10.5. The number of amides is 1. The summed E-state index contributed by atoms with van der Waals surface area (Å²) in [5.41, 5.74) is 4.17. The highest BCUT2D eigenvalue weighted by Crippen LogP contribution is 2.37. The van der Waals surface area contributed by atoms with Crippen LogP contribution in [0.25, 0.3) is 11.1 Å². The van der Waals surface area contributed by atoms with Crippen LogP contribution < -0.4 is 5.32 Å². The molecule has 0 unspecified atom stereocenters. The second-order valence-electron chi connectivity index (χ2n) is 8.56. The summed E-state index contributed by atoms with van der Waals surface area (Å²) in [5.74, 6) is 1.35. The molecule has 1 N–H and O–H groups in total. The van der Waals surface area contributed by atoms with Crippen LogP contribution in [0.1, 0.15) is 36.4 Å². The van der Waals surface area contributed by atoms with Gasteiger partial charge in [-0.15, -0.1) is 0 Å². The number of nitrogens with one attached hydrogen (secondary N) is 1. The molecule has 5 rings (SSSR count). The molecule has 0 bridgehead atoms. The fourth-order valence-electron chi connectivity index (χ4n) is 4.29. The molecule has 0 radical (unpaired) electrons. The van der Waals surface area contributed by atoms with Gasteiger partial charge >= 0.3 is 0 Å². The van der Waals surface area contributed by atoms with Crippen molar-refractivity contribution in [2.24, 2.45) is 13.0 Å². The Morgan fingerprint density at radius 2 is 2.00 bits per heavy atom. The first kappa shape index (κ1) is 19.7. The Hall–Kier alpha value is -3.22. The molecule has 6 nitrogen and oxygen atoms in total. The third-order valence-corrected chi connectivity index (χ3v) is 6.13. The maximum Gasteiger partial charge on any atom is 0.225 e. The van der Waals surface area contributed by atoms with Gasteiger partial charge in [0.1, 0.15) is 11.6 Å². The van der Waals surface area contributed by atoms with Crippen molar-refractivity contribution in [1.82, 2.24) is 19.7 Å². The van der Waals surface area contributed by atoms with Crippen LogP contribution in [0.15, 0.2) is 48.8 Å². The molecule has 2 aliphatic rings. The number of pyridine rings is 1. The largest absolute Gasteiger partial charge is 0.366 e. The number of halogens is 1. The van der Waals surface area contributed by atoms with E-state index in [1.807, 2.05) is 35.0 Å². The Bertz CT molecular complexity index is 1090. The highest BCUT2D eigenvalue weighted by Gasteiger charge is 2.38. The minimum absolute atomic E-state index is 0.239. The van der Waals surface area contributed by atoms with E-state index in [1.165, 1.54) is 12.1 Å². The van der Waals surface area contributed by atoms with Crippen LogP contribution in [0, 0.1) is 11.7 Å². The second-order valence-corrected chi connectivity index (χ2v) is 8.56. The van der Waals surface area contributed by atoms with E-state index in [2.05, 4.69) is 10.3 Å². The molecule has 1 aliphatic carbocycles. The summed E-state index contributed by atoms with van der Waals surface area (Å²) in [6.07, 6.45) is 6.86. The molecule has 1 saturated carbocycles. The first-order chi connectivity index (χ1) is 15.1. The van der Waals surface area contributed by atoms with Crippen LogP contribution in [-0.4, -0.2) is 38.7 Å². The van der Waals surface area contributed by atoms with Crippen molar-refractivity contribution < 1.29 is 9.18 Å². The minimum atomic E-state index is -0.239. The number of benzene rings is 1. The van der Waals surface area contributed by atoms with E-state index < -0.39 is 0 Å². The summed E-state index contributed by atoms with van der Waals surface area (Å²) in [6.45, 7) is 2.13. The van der Waals surface area contributed by atoms with Crippen molar-refractivity contribution in [3.8, 4) is 11.1 Å². The summed E-state index contributed by atoms with van der Waals surface area (Å²) in [4.78, 5) is 18.9. The van der Waals surface area contributed by atoms with Gasteiger partial charge in [-0.3, -0.25) is 9.48 Å². The van der Waals surface area contributed by atoms with Gasteiger partial charge < -0.3 is 10.2 Å². The zero-order valence-electron chi connectivity index (χ0n) is 17.6. The Balaban J connectivity index is 1.33. The number of nitrogens with zero attached hydrogens (tertiary/aromatic N) is 4. The van der Waals surface area contributed by atoms with Crippen molar-refractivity contribution in [3.05, 3.63) is 65.9 Å². The summed E-state index contributed by atoms with van der Waals surface area (Å²) in [5, 5.41) is 8.07. The van der Waals surface area contributed by atoms with Gasteiger partial charge in [0.2, 0.25) is 5.91 Å². The van der Waals surface area contributed by atoms with E-state index in [1.54, 1.807) is 18.3 Å². The standard InChI is InChI=1S/C24H26FN5O/c1-29-15-21(23(28-29)19-9-11-30(14-19)24(31)17-4-5-17)18-8-10-26-22(12-18)27-13-16-2-6-20(25)7-3-16/h2-3,6-8,10,12,15,17,19H,4-5,9,11,13-14H2,1H3,(H,26,27)/t19-/m1/s1. The first-order valence-corrected chi connectivity index (χ1v) is 10.8. The SMILES string of the molecule is Cn1cc(-c2ccnc(NCc3ccc(F)cc3)c2)c([C@@H]2CCN(C(=O)C3CC3)C2)n1. The average Bonchev–Trinajstić information content (AvgIpc) is 3.38. The zero-order valence-corrected chi connectivity index (χ0v) is 17.6.